The molecule has 0 aromatic heterocycles. The number of nitrogen functional groups attached to an aromatic ring is 1. The van der Waals surface area contributed by atoms with Crippen molar-refractivity contribution >= 4 is 33.5 Å². The number of rotatable bonds is 4. The highest BCUT2D eigenvalue weighted by Gasteiger charge is 2.13. The topological polar surface area (TPSA) is 59.1 Å². The lowest BCUT2D eigenvalue weighted by atomic mass is 10.2. The summed E-state index contributed by atoms with van der Waals surface area (Å²) in [5.41, 5.74) is 5.73. The van der Waals surface area contributed by atoms with Crippen molar-refractivity contribution in [3.63, 3.8) is 0 Å². The molecule has 0 aliphatic rings. The van der Waals surface area contributed by atoms with Crippen LogP contribution in [0.2, 0.25) is 0 Å². The van der Waals surface area contributed by atoms with Crippen LogP contribution in [0.4, 0.5) is 4.39 Å². The Morgan fingerprint density at radius 2 is 1.90 bits per heavy atom. The van der Waals surface area contributed by atoms with Crippen molar-refractivity contribution in [1.82, 2.24) is 0 Å². The highest BCUT2D eigenvalue weighted by atomic mass is 79.9. The van der Waals surface area contributed by atoms with Crippen molar-refractivity contribution in [3.05, 3.63) is 52.3 Å². The van der Waals surface area contributed by atoms with Crippen molar-refractivity contribution in [1.29, 1.82) is 5.41 Å². The number of amidine groups is 1. The van der Waals surface area contributed by atoms with E-state index < -0.39 is 5.82 Å². The number of nitrogens with one attached hydrogen (secondary N) is 1. The van der Waals surface area contributed by atoms with Gasteiger partial charge in [-0.25, -0.2) is 4.39 Å². The fraction of sp³-hybridized carbons (Fsp3) is 0.0714. The first-order valence-electron chi connectivity index (χ1n) is 5.67. The first-order chi connectivity index (χ1) is 9.52. The molecule has 20 heavy (non-hydrogen) atoms. The summed E-state index contributed by atoms with van der Waals surface area (Å²) in [6, 6.07) is 10.6. The van der Waals surface area contributed by atoms with Crippen LogP contribution in [-0.2, 0) is 0 Å². The molecule has 2 aromatic rings. The summed E-state index contributed by atoms with van der Waals surface area (Å²) in [6.07, 6.45) is 0. The Morgan fingerprint density at radius 1 is 1.25 bits per heavy atom. The van der Waals surface area contributed by atoms with E-state index in [0.717, 1.165) is 10.6 Å². The highest BCUT2D eigenvalue weighted by Crippen LogP contribution is 2.35. The molecule has 2 rings (SSSR count). The quantitative estimate of drug-likeness (QED) is 0.643. The minimum atomic E-state index is -0.418. The third-order valence-electron chi connectivity index (χ3n) is 2.62. The molecule has 0 aliphatic carbocycles. The molecule has 0 spiro atoms. The van der Waals surface area contributed by atoms with Gasteiger partial charge in [-0.3, -0.25) is 5.41 Å². The molecule has 2 aromatic carbocycles. The number of ether oxygens (including phenoxy) is 1. The molecule has 0 radical (unpaired) electrons. The van der Waals surface area contributed by atoms with Crippen molar-refractivity contribution in [2.45, 2.75) is 9.79 Å². The lowest BCUT2D eigenvalue weighted by Crippen LogP contribution is -2.12. The second-order valence-corrected chi connectivity index (χ2v) is 5.84. The molecule has 0 heterocycles. The van der Waals surface area contributed by atoms with Gasteiger partial charge in [-0.1, -0.05) is 11.8 Å². The summed E-state index contributed by atoms with van der Waals surface area (Å²) in [4.78, 5) is 1.36. The van der Waals surface area contributed by atoms with Crippen molar-refractivity contribution in [2.24, 2.45) is 5.73 Å². The van der Waals surface area contributed by atoms with Gasteiger partial charge in [0.1, 0.15) is 11.6 Å². The Bertz CT molecular complexity index is 646. The summed E-state index contributed by atoms with van der Waals surface area (Å²) in [5.74, 6) is 0.165. The normalized spacial score (nSPS) is 10.3. The Hall–Kier alpha value is -1.53. The number of hydrogen-bond donors (Lipinski definition) is 2. The zero-order valence-corrected chi connectivity index (χ0v) is 13.0. The fourth-order valence-electron chi connectivity index (χ4n) is 1.59. The number of halogens is 2. The predicted octanol–water partition coefficient (Wildman–Crippen LogP) is 4.03. The summed E-state index contributed by atoms with van der Waals surface area (Å²) in [6.45, 7) is 0. The average Bonchev–Trinajstić information content (AvgIpc) is 2.44. The van der Waals surface area contributed by atoms with E-state index in [1.165, 1.54) is 11.8 Å². The average molecular weight is 355 g/mol. The lowest BCUT2D eigenvalue weighted by Gasteiger charge is -2.09. The minimum Gasteiger partial charge on any atom is -0.497 e. The molecule has 0 fully saturated rings. The molecular formula is C14H12BrFN2OS. The Kier molecular flexibility index (Phi) is 4.67. The summed E-state index contributed by atoms with van der Waals surface area (Å²) in [5, 5.41) is 7.37. The smallest absolute Gasteiger partial charge is 0.152 e. The Morgan fingerprint density at radius 3 is 2.45 bits per heavy atom. The number of nitrogens with two attached hydrogens (primary N) is 1. The van der Waals surface area contributed by atoms with E-state index in [9.17, 15) is 4.39 Å². The van der Waals surface area contributed by atoms with Gasteiger partial charge in [0.05, 0.1) is 11.6 Å². The molecule has 0 saturated heterocycles. The molecule has 3 N–H and O–H groups in total. The molecule has 6 heteroatoms. The van der Waals surface area contributed by atoms with Gasteiger partial charge in [0.25, 0.3) is 0 Å². The van der Waals surface area contributed by atoms with Gasteiger partial charge in [-0.2, -0.15) is 0 Å². The van der Waals surface area contributed by atoms with E-state index >= 15 is 0 Å². The van der Waals surface area contributed by atoms with Crippen LogP contribution in [0.15, 0.2) is 50.7 Å². The van der Waals surface area contributed by atoms with Crippen LogP contribution in [0, 0.1) is 11.2 Å². The van der Waals surface area contributed by atoms with Crippen LogP contribution in [0.25, 0.3) is 0 Å². The number of methoxy groups -OCH3 is 1. The summed E-state index contributed by atoms with van der Waals surface area (Å²) in [7, 11) is 1.60. The standard InChI is InChI=1S/C14H12BrFN2OS/c1-19-8-2-4-9(5-3-8)20-11-7-6-10(14(17)18)12(15)13(11)16/h2-7H,1H3,(H3,17,18). The van der Waals surface area contributed by atoms with Gasteiger partial charge in [-0.15, -0.1) is 0 Å². The van der Waals surface area contributed by atoms with Crippen LogP contribution in [-0.4, -0.2) is 12.9 Å². The van der Waals surface area contributed by atoms with E-state index in [0.29, 0.717) is 10.5 Å². The molecule has 104 valence electrons. The van der Waals surface area contributed by atoms with Crippen molar-refractivity contribution < 1.29 is 9.13 Å². The fourth-order valence-corrected chi connectivity index (χ4v) is 3.13. The van der Waals surface area contributed by atoms with Gasteiger partial charge < -0.3 is 10.5 Å². The van der Waals surface area contributed by atoms with Gasteiger partial charge in [-0.05, 0) is 52.3 Å². The van der Waals surface area contributed by atoms with E-state index in [-0.39, 0.29) is 10.3 Å². The molecule has 3 nitrogen and oxygen atoms in total. The van der Waals surface area contributed by atoms with Gasteiger partial charge in [0.2, 0.25) is 0 Å². The number of benzene rings is 2. The third kappa shape index (κ3) is 3.13. The molecule has 0 amide bonds. The third-order valence-corrected chi connectivity index (χ3v) is 4.44. The van der Waals surface area contributed by atoms with Gasteiger partial charge >= 0.3 is 0 Å². The summed E-state index contributed by atoms with van der Waals surface area (Å²) < 4.78 is 19.5. The van der Waals surface area contributed by atoms with Crippen LogP contribution >= 0.6 is 27.7 Å². The molecule has 0 unspecified atom stereocenters. The largest absolute Gasteiger partial charge is 0.497 e. The van der Waals surface area contributed by atoms with Gasteiger partial charge in [0.15, 0.2) is 5.82 Å². The SMILES string of the molecule is COc1ccc(Sc2ccc(C(=N)N)c(Br)c2F)cc1. The van der Waals surface area contributed by atoms with E-state index in [1.54, 1.807) is 19.2 Å². The second kappa shape index (κ2) is 6.28. The molecule has 0 atom stereocenters. The zero-order valence-electron chi connectivity index (χ0n) is 10.6. The Balaban J connectivity index is 2.29. The van der Waals surface area contributed by atoms with E-state index in [4.69, 9.17) is 15.9 Å². The predicted molar refractivity (Wildman–Crippen MR) is 82.2 cm³/mol. The van der Waals surface area contributed by atoms with Crippen LogP contribution < -0.4 is 10.5 Å². The maximum atomic E-state index is 14.2. The highest BCUT2D eigenvalue weighted by molar-refractivity contribution is 9.10. The Labute approximate surface area is 129 Å². The number of hydrogen-bond acceptors (Lipinski definition) is 3. The molecule has 0 bridgehead atoms. The first kappa shape index (κ1) is 14.9. The maximum absolute atomic E-state index is 14.2. The van der Waals surface area contributed by atoms with Crippen molar-refractivity contribution in [2.75, 3.05) is 7.11 Å². The van der Waals surface area contributed by atoms with Gasteiger partial charge in [0, 0.05) is 15.4 Å². The second-order valence-electron chi connectivity index (χ2n) is 3.93. The van der Waals surface area contributed by atoms with Crippen molar-refractivity contribution in [3.8, 4) is 5.75 Å². The molecular weight excluding hydrogens is 343 g/mol. The van der Waals surface area contributed by atoms with E-state index in [1.807, 2.05) is 24.3 Å². The first-order valence-corrected chi connectivity index (χ1v) is 7.28. The zero-order chi connectivity index (χ0) is 14.7. The summed E-state index contributed by atoms with van der Waals surface area (Å²) >= 11 is 4.43. The molecule has 0 saturated carbocycles. The van der Waals surface area contributed by atoms with E-state index in [2.05, 4.69) is 15.9 Å². The van der Waals surface area contributed by atoms with Crippen LogP contribution in [0.5, 0.6) is 5.75 Å². The maximum Gasteiger partial charge on any atom is 0.152 e. The molecule has 0 aliphatic heterocycles. The lowest BCUT2D eigenvalue weighted by molar-refractivity contribution is 0.414. The van der Waals surface area contributed by atoms with Crippen LogP contribution in [0.3, 0.4) is 0 Å². The minimum absolute atomic E-state index is 0.170. The monoisotopic (exact) mass is 354 g/mol. The van der Waals surface area contributed by atoms with Crippen LogP contribution in [0.1, 0.15) is 5.56 Å².